The highest BCUT2D eigenvalue weighted by atomic mass is 16.5. The number of nitrogens with one attached hydrogen (secondary N) is 1. The van der Waals surface area contributed by atoms with Crippen LogP contribution in [0.5, 0.6) is 5.75 Å². The summed E-state index contributed by atoms with van der Waals surface area (Å²) in [6.07, 6.45) is 9.76. The molecule has 1 aliphatic rings. The van der Waals surface area contributed by atoms with E-state index in [-0.39, 0.29) is 12.0 Å². The molecule has 0 saturated carbocycles. The number of carbonyl (C=O) groups excluding carboxylic acids is 1. The summed E-state index contributed by atoms with van der Waals surface area (Å²) in [5.74, 6) is 0.760. The molecule has 1 saturated heterocycles. The van der Waals surface area contributed by atoms with Crippen molar-refractivity contribution in [3.8, 4) is 5.75 Å². The fraction of sp³-hybridized carbons (Fsp3) is 0.500. The summed E-state index contributed by atoms with van der Waals surface area (Å²) in [6, 6.07) is 3.77. The molecule has 0 aliphatic carbocycles. The van der Waals surface area contributed by atoms with Crippen LogP contribution in [0.25, 0.3) is 0 Å². The molecule has 1 amide bonds. The zero-order valence-electron chi connectivity index (χ0n) is 14.6. The molecule has 134 valence electrons. The Morgan fingerprint density at radius 2 is 2.32 bits per heavy atom. The van der Waals surface area contributed by atoms with Crippen molar-refractivity contribution < 1.29 is 9.53 Å². The van der Waals surface area contributed by atoms with Crippen LogP contribution in [0.1, 0.15) is 25.5 Å². The highest BCUT2D eigenvalue weighted by molar-refractivity contribution is 5.72. The Kier molecular flexibility index (Phi) is 6.00. The molecule has 1 unspecified atom stereocenters. The van der Waals surface area contributed by atoms with Gasteiger partial charge in [-0.3, -0.25) is 14.7 Å². The Labute approximate surface area is 148 Å². The number of imidazole rings is 1. The van der Waals surface area contributed by atoms with Gasteiger partial charge in [-0.15, -0.1) is 0 Å². The molecule has 7 nitrogen and oxygen atoms in total. The number of aromatic nitrogens is 3. The second-order valence-electron chi connectivity index (χ2n) is 6.38. The van der Waals surface area contributed by atoms with Gasteiger partial charge in [0.05, 0.1) is 18.6 Å². The van der Waals surface area contributed by atoms with Gasteiger partial charge in [0.15, 0.2) is 0 Å². The van der Waals surface area contributed by atoms with Gasteiger partial charge in [0.1, 0.15) is 11.9 Å². The SMILES string of the molecule is CC(=O)NCc1cc(OC2CCN(CCCn3ccnc3)C2)ccn1. The van der Waals surface area contributed by atoms with Gasteiger partial charge in [0.2, 0.25) is 5.91 Å². The van der Waals surface area contributed by atoms with E-state index in [9.17, 15) is 4.79 Å². The van der Waals surface area contributed by atoms with E-state index < -0.39 is 0 Å². The summed E-state index contributed by atoms with van der Waals surface area (Å²) in [5.41, 5.74) is 0.808. The minimum atomic E-state index is -0.0600. The van der Waals surface area contributed by atoms with Crippen molar-refractivity contribution in [2.45, 2.75) is 39.0 Å². The Balaban J connectivity index is 1.41. The van der Waals surface area contributed by atoms with Gasteiger partial charge in [-0.05, 0) is 25.5 Å². The minimum Gasteiger partial charge on any atom is -0.489 e. The fourth-order valence-electron chi connectivity index (χ4n) is 3.03. The maximum atomic E-state index is 11.0. The van der Waals surface area contributed by atoms with Gasteiger partial charge in [-0.1, -0.05) is 0 Å². The van der Waals surface area contributed by atoms with Crippen LogP contribution in [0, 0.1) is 0 Å². The van der Waals surface area contributed by atoms with Crippen molar-refractivity contribution in [2.24, 2.45) is 0 Å². The molecule has 2 aromatic rings. The number of nitrogens with zero attached hydrogens (tertiary/aromatic N) is 4. The maximum absolute atomic E-state index is 11.0. The lowest BCUT2D eigenvalue weighted by Crippen LogP contribution is -2.26. The van der Waals surface area contributed by atoms with Crippen LogP contribution >= 0.6 is 0 Å². The second-order valence-corrected chi connectivity index (χ2v) is 6.38. The van der Waals surface area contributed by atoms with Crippen LogP contribution in [0.15, 0.2) is 37.1 Å². The van der Waals surface area contributed by atoms with Crippen molar-refractivity contribution in [3.05, 3.63) is 42.7 Å². The number of ether oxygens (including phenoxy) is 1. The number of carbonyl (C=O) groups is 1. The molecule has 1 atom stereocenters. The van der Waals surface area contributed by atoms with Crippen molar-refractivity contribution >= 4 is 5.91 Å². The van der Waals surface area contributed by atoms with Crippen LogP contribution in [-0.4, -0.2) is 51.1 Å². The molecule has 1 aliphatic heterocycles. The average Bonchev–Trinajstić information content (AvgIpc) is 3.26. The van der Waals surface area contributed by atoms with E-state index >= 15 is 0 Å². The molecule has 1 fully saturated rings. The topological polar surface area (TPSA) is 72.3 Å². The molecule has 2 aromatic heterocycles. The van der Waals surface area contributed by atoms with E-state index in [1.165, 1.54) is 6.92 Å². The average molecular weight is 343 g/mol. The van der Waals surface area contributed by atoms with Gasteiger partial charge in [0, 0.05) is 51.2 Å². The number of rotatable bonds is 8. The number of likely N-dealkylation sites (tertiary alicyclic amines) is 1. The molecular weight excluding hydrogens is 318 g/mol. The van der Waals surface area contributed by atoms with Gasteiger partial charge in [0.25, 0.3) is 0 Å². The molecule has 1 N–H and O–H groups in total. The lowest BCUT2D eigenvalue weighted by molar-refractivity contribution is -0.119. The summed E-state index contributed by atoms with van der Waals surface area (Å²) in [6.45, 7) is 6.02. The predicted octanol–water partition coefficient (Wildman–Crippen LogP) is 1.46. The first-order valence-corrected chi connectivity index (χ1v) is 8.73. The van der Waals surface area contributed by atoms with E-state index in [1.807, 2.05) is 30.9 Å². The Morgan fingerprint density at radius 3 is 3.12 bits per heavy atom. The van der Waals surface area contributed by atoms with Crippen LogP contribution in [0.4, 0.5) is 0 Å². The molecular formula is C18H25N5O2. The van der Waals surface area contributed by atoms with Crippen LogP contribution < -0.4 is 10.1 Å². The van der Waals surface area contributed by atoms with Gasteiger partial charge < -0.3 is 14.6 Å². The van der Waals surface area contributed by atoms with Crippen LogP contribution in [0.2, 0.25) is 0 Å². The number of amides is 1. The third kappa shape index (κ3) is 5.56. The van der Waals surface area contributed by atoms with E-state index in [2.05, 4.69) is 24.8 Å². The lowest BCUT2D eigenvalue weighted by atomic mass is 10.3. The maximum Gasteiger partial charge on any atom is 0.217 e. The Morgan fingerprint density at radius 1 is 1.40 bits per heavy atom. The molecule has 25 heavy (non-hydrogen) atoms. The normalized spacial score (nSPS) is 17.6. The monoisotopic (exact) mass is 343 g/mol. The highest BCUT2D eigenvalue weighted by Crippen LogP contribution is 2.19. The first kappa shape index (κ1) is 17.4. The second kappa shape index (κ2) is 8.62. The van der Waals surface area contributed by atoms with Crippen molar-refractivity contribution in [1.29, 1.82) is 0 Å². The summed E-state index contributed by atoms with van der Waals surface area (Å²) in [5, 5.41) is 2.75. The Hall–Kier alpha value is -2.41. The fourth-order valence-corrected chi connectivity index (χ4v) is 3.03. The van der Waals surface area contributed by atoms with E-state index in [1.54, 1.807) is 6.20 Å². The molecule has 7 heteroatoms. The van der Waals surface area contributed by atoms with E-state index in [0.717, 1.165) is 50.5 Å². The summed E-state index contributed by atoms with van der Waals surface area (Å²) >= 11 is 0. The molecule has 0 aromatic carbocycles. The van der Waals surface area contributed by atoms with Gasteiger partial charge >= 0.3 is 0 Å². The number of aryl methyl sites for hydroxylation is 1. The highest BCUT2D eigenvalue weighted by Gasteiger charge is 2.23. The Bertz CT molecular complexity index is 674. The standard InChI is InChI=1S/C18H25N5O2/c1-15(24)21-12-16-11-17(3-5-20-16)25-18-4-9-22(13-18)7-2-8-23-10-6-19-14-23/h3,5-6,10-11,14,18H,2,4,7-9,12-13H2,1H3,(H,21,24). The summed E-state index contributed by atoms with van der Waals surface area (Å²) in [4.78, 5) is 21.8. The number of pyridine rings is 1. The number of hydrogen-bond acceptors (Lipinski definition) is 5. The molecule has 3 rings (SSSR count). The molecule has 0 radical (unpaired) electrons. The van der Waals surface area contributed by atoms with E-state index in [0.29, 0.717) is 6.54 Å². The van der Waals surface area contributed by atoms with Gasteiger partial charge in [-0.2, -0.15) is 0 Å². The lowest BCUT2D eigenvalue weighted by Gasteiger charge is -2.17. The largest absolute Gasteiger partial charge is 0.489 e. The number of hydrogen-bond donors (Lipinski definition) is 1. The smallest absolute Gasteiger partial charge is 0.217 e. The van der Waals surface area contributed by atoms with E-state index in [4.69, 9.17) is 4.74 Å². The predicted molar refractivity (Wildman–Crippen MR) is 94.1 cm³/mol. The minimum absolute atomic E-state index is 0.0600. The van der Waals surface area contributed by atoms with Crippen LogP contribution in [-0.2, 0) is 17.9 Å². The van der Waals surface area contributed by atoms with Crippen LogP contribution in [0.3, 0.4) is 0 Å². The third-order valence-corrected chi connectivity index (χ3v) is 4.29. The molecule has 3 heterocycles. The van der Waals surface area contributed by atoms with Gasteiger partial charge in [-0.25, -0.2) is 4.98 Å². The summed E-state index contributed by atoms with van der Waals surface area (Å²) in [7, 11) is 0. The quantitative estimate of drug-likeness (QED) is 0.786. The zero-order chi connectivity index (χ0) is 17.5. The first-order valence-electron chi connectivity index (χ1n) is 8.73. The first-order chi connectivity index (χ1) is 12.2. The molecule has 0 spiro atoms. The molecule has 0 bridgehead atoms. The van der Waals surface area contributed by atoms with Crippen molar-refractivity contribution in [1.82, 2.24) is 24.8 Å². The van der Waals surface area contributed by atoms with Crippen molar-refractivity contribution in [3.63, 3.8) is 0 Å². The van der Waals surface area contributed by atoms with Crippen molar-refractivity contribution in [2.75, 3.05) is 19.6 Å². The zero-order valence-corrected chi connectivity index (χ0v) is 14.6. The summed E-state index contributed by atoms with van der Waals surface area (Å²) < 4.78 is 8.20. The third-order valence-electron chi connectivity index (χ3n) is 4.29.